The molecule has 0 bridgehead atoms. The van der Waals surface area contributed by atoms with Crippen molar-refractivity contribution in [3.63, 3.8) is 0 Å². The zero-order valence-corrected chi connectivity index (χ0v) is 8.32. The Morgan fingerprint density at radius 3 is 3.14 bits per heavy atom. The van der Waals surface area contributed by atoms with Crippen LogP contribution < -0.4 is 0 Å². The number of allylic oxidation sites excluding steroid dienone is 2. The molecule has 2 aliphatic carbocycles. The van der Waals surface area contributed by atoms with E-state index in [4.69, 9.17) is 4.74 Å². The Bertz CT molecular complexity index is 267. The molecule has 0 aromatic rings. The van der Waals surface area contributed by atoms with Crippen LogP contribution in [0.3, 0.4) is 0 Å². The first-order chi connectivity index (χ1) is 6.79. The minimum absolute atomic E-state index is 0.127. The summed E-state index contributed by atoms with van der Waals surface area (Å²) in [5.41, 5.74) is 0. The summed E-state index contributed by atoms with van der Waals surface area (Å²) in [6.45, 7) is 3.41. The van der Waals surface area contributed by atoms with Crippen molar-refractivity contribution in [2.75, 3.05) is 0 Å². The van der Waals surface area contributed by atoms with Gasteiger partial charge in [0.15, 0.2) is 0 Å². The molecule has 2 rings (SSSR count). The maximum atomic E-state index is 11.0. The molecule has 0 aromatic heterocycles. The molecule has 0 aromatic carbocycles. The van der Waals surface area contributed by atoms with E-state index in [-0.39, 0.29) is 12.1 Å². The number of rotatable bonds is 2. The highest BCUT2D eigenvalue weighted by Gasteiger charge is 2.32. The van der Waals surface area contributed by atoms with Crippen molar-refractivity contribution < 1.29 is 9.53 Å². The molecule has 2 aliphatic rings. The van der Waals surface area contributed by atoms with Gasteiger partial charge in [0.25, 0.3) is 0 Å². The second kappa shape index (κ2) is 3.99. The zero-order valence-electron chi connectivity index (χ0n) is 8.32. The van der Waals surface area contributed by atoms with Gasteiger partial charge in [-0.3, -0.25) is 0 Å². The Labute approximate surface area is 84.6 Å². The van der Waals surface area contributed by atoms with Gasteiger partial charge in [-0.2, -0.15) is 0 Å². The summed E-state index contributed by atoms with van der Waals surface area (Å²) in [5, 5.41) is 0. The molecule has 14 heavy (non-hydrogen) atoms. The summed E-state index contributed by atoms with van der Waals surface area (Å²) in [5.74, 6) is 1.18. The maximum Gasteiger partial charge on any atom is 0.330 e. The van der Waals surface area contributed by atoms with Crippen LogP contribution in [0.5, 0.6) is 0 Å². The van der Waals surface area contributed by atoms with Gasteiger partial charge in [-0.05, 0) is 37.5 Å². The SMILES string of the molecule is C=CC(=O)OC1CCC2C=CCC2C1. The lowest BCUT2D eigenvalue weighted by atomic mass is 9.80. The Morgan fingerprint density at radius 2 is 2.36 bits per heavy atom. The second-order valence-electron chi connectivity index (χ2n) is 4.16. The monoisotopic (exact) mass is 192 g/mol. The Hall–Kier alpha value is -1.05. The van der Waals surface area contributed by atoms with Crippen LogP contribution in [0.25, 0.3) is 0 Å². The predicted octanol–water partition coefficient (Wildman–Crippen LogP) is 2.46. The number of fused-ring (bicyclic) bond motifs is 1. The normalized spacial score (nSPS) is 35.0. The van der Waals surface area contributed by atoms with E-state index in [1.54, 1.807) is 0 Å². The van der Waals surface area contributed by atoms with Gasteiger partial charge in [0.1, 0.15) is 6.10 Å². The van der Waals surface area contributed by atoms with Crippen molar-refractivity contribution in [2.24, 2.45) is 11.8 Å². The van der Waals surface area contributed by atoms with E-state index >= 15 is 0 Å². The van der Waals surface area contributed by atoms with Crippen molar-refractivity contribution in [1.29, 1.82) is 0 Å². The van der Waals surface area contributed by atoms with Crippen LogP contribution in [0.15, 0.2) is 24.8 Å². The fraction of sp³-hybridized carbons (Fsp3) is 0.583. The lowest BCUT2D eigenvalue weighted by Gasteiger charge is -2.30. The standard InChI is InChI=1S/C12H16O2/c1-2-12(13)14-11-7-6-9-4-3-5-10(9)8-11/h2-4,9-11H,1,5-8H2. The topological polar surface area (TPSA) is 26.3 Å². The highest BCUT2D eigenvalue weighted by Crippen LogP contribution is 2.38. The molecule has 1 saturated carbocycles. The fourth-order valence-corrected chi connectivity index (χ4v) is 2.52. The molecular formula is C12H16O2. The van der Waals surface area contributed by atoms with Gasteiger partial charge in [0.2, 0.25) is 0 Å². The van der Waals surface area contributed by atoms with Gasteiger partial charge in [0.05, 0.1) is 0 Å². The molecule has 0 radical (unpaired) electrons. The van der Waals surface area contributed by atoms with Crippen molar-refractivity contribution >= 4 is 5.97 Å². The third-order valence-electron chi connectivity index (χ3n) is 3.26. The summed E-state index contributed by atoms with van der Waals surface area (Å²) >= 11 is 0. The first-order valence-electron chi connectivity index (χ1n) is 5.29. The van der Waals surface area contributed by atoms with Gasteiger partial charge in [-0.15, -0.1) is 0 Å². The van der Waals surface area contributed by atoms with Crippen molar-refractivity contribution in [2.45, 2.75) is 31.8 Å². The van der Waals surface area contributed by atoms with Crippen LogP contribution in [-0.2, 0) is 9.53 Å². The van der Waals surface area contributed by atoms with Gasteiger partial charge in [-0.1, -0.05) is 18.7 Å². The maximum absolute atomic E-state index is 11.0. The van der Waals surface area contributed by atoms with Crippen molar-refractivity contribution in [3.05, 3.63) is 24.8 Å². The average Bonchev–Trinajstić information content (AvgIpc) is 2.64. The Kier molecular flexibility index (Phi) is 2.71. The zero-order chi connectivity index (χ0) is 9.97. The summed E-state index contributed by atoms with van der Waals surface area (Å²) in [6, 6.07) is 0. The number of carbonyl (C=O) groups excluding carboxylic acids is 1. The minimum atomic E-state index is -0.278. The van der Waals surface area contributed by atoms with E-state index in [0.717, 1.165) is 31.6 Å². The van der Waals surface area contributed by atoms with Crippen LogP contribution >= 0.6 is 0 Å². The van der Waals surface area contributed by atoms with Gasteiger partial charge < -0.3 is 4.74 Å². The third-order valence-corrected chi connectivity index (χ3v) is 3.26. The van der Waals surface area contributed by atoms with E-state index in [9.17, 15) is 4.79 Å². The highest BCUT2D eigenvalue weighted by molar-refractivity contribution is 5.81. The first-order valence-corrected chi connectivity index (χ1v) is 5.29. The lowest BCUT2D eigenvalue weighted by Crippen LogP contribution is -2.28. The molecule has 0 saturated heterocycles. The molecule has 0 aliphatic heterocycles. The number of esters is 1. The molecule has 3 unspecified atom stereocenters. The van der Waals surface area contributed by atoms with Crippen LogP contribution in [0, 0.1) is 11.8 Å². The predicted molar refractivity (Wildman–Crippen MR) is 54.7 cm³/mol. The van der Waals surface area contributed by atoms with E-state index in [1.807, 2.05) is 0 Å². The van der Waals surface area contributed by atoms with E-state index in [2.05, 4.69) is 18.7 Å². The van der Waals surface area contributed by atoms with Gasteiger partial charge in [-0.25, -0.2) is 4.79 Å². The highest BCUT2D eigenvalue weighted by atomic mass is 16.5. The molecular weight excluding hydrogens is 176 g/mol. The molecule has 1 fully saturated rings. The fourth-order valence-electron chi connectivity index (χ4n) is 2.52. The van der Waals surface area contributed by atoms with E-state index < -0.39 is 0 Å². The molecule has 0 spiro atoms. The molecule has 0 amide bonds. The van der Waals surface area contributed by atoms with Crippen molar-refractivity contribution in [3.8, 4) is 0 Å². The summed E-state index contributed by atoms with van der Waals surface area (Å²) in [7, 11) is 0. The van der Waals surface area contributed by atoms with Crippen LogP contribution in [0.1, 0.15) is 25.7 Å². The lowest BCUT2D eigenvalue weighted by molar-refractivity contribution is -0.145. The molecule has 2 nitrogen and oxygen atoms in total. The number of hydrogen-bond donors (Lipinski definition) is 0. The molecule has 3 atom stereocenters. The minimum Gasteiger partial charge on any atom is -0.459 e. The Balaban J connectivity index is 1.86. The summed E-state index contributed by atoms with van der Waals surface area (Å²) in [4.78, 5) is 11.0. The molecule has 76 valence electrons. The summed E-state index contributed by atoms with van der Waals surface area (Å²) in [6.07, 6.45) is 10.3. The van der Waals surface area contributed by atoms with E-state index in [1.165, 1.54) is 6.08 Å². The second-order valence-corrected chi connectivity index (χ2v) is 4.16. The third kappa shape index (κ3) is 1.89. The van der Waals surface area contributed by atoms with Gasteiger partial charge in [0, 0.05) is 6.08 Å². The average molecular weight is 192 g/mol. The van der Waals surface area contributed by atoms with Crippen LogP contribution in [0.2, 0.25) is 0 Å². The smallest absolute Gasteiger partial charge is 0.330 e. The number of ether oxygens (including phenoxy) is 1. The van der Waals surface area contributed by atoms with Crippen molar-refractivity contribution in [1.82, 2.24) is 0 Å². The largest absolute Gasteiger partial charge is 0.459 e. The van der Waals surface area contributed by atoms with Crippen LogP contribution in [-0.4, -0.2) is 12.1 Å². The van der Waals surface area contributed by atoms with Gasteiger partial charge >= 0.3 is 5.97 Å². The number of carbonyl (C=O) groups is 1. The molecule has 0 N–H and O–H groups in total. The number of hydrogen-bond acceptors (Lipinski definition) is 2. The molecule has 0 heterocycles. The first kappa shape index (κ1) is 9.50. The Morgan fingerprint density at radius 1 is 1.50 bits per heavy atom. The van der Waals surface area contributed by atoms with Crippen LogP contribution in [0.4, 0.5) is 0 Å². The van der Waals surface area contributed by atoms with E-state index in [0.29, 0.717) is 5.92 Å². The summed E-state index contributed by atoms with van der Waals surface area (Å²) < 4.78 is 5.26. The molecule has 2 heteroatoms. The quantitative estimate of drug-likeness (QED) is 0.381.